The lowest BCUT2D eigenvalue weighted by Crippen LogP contribution is -2.45. The van der Waals surface area contributed by atoms with Crippen molar-refractivity contribution in [1.82, 2.24) is 9.71 Å². The van der Waals surface area contributed by atoms with Gasteiger partial charge in [0.25, 0.3) is 0 Å². The van der Waals surface area contributed by atoms with E-state index in [9.17, 15) is 13.7 Å². The van der Waals surface area contributed by atoms with Gasteiger partial charge in [-0.05, 0) is 52.0 Å². The molecule has 0 aliphatic heterocycles. The maximum Gasteiger partial charge on any atom is 0.216 e. The second-order valence-electron chi connectivity index (χ2n) is 8.25. The summed E-state index contributed by atoms with van der Waals surface area (Å²) in [6, 6.07) is 12.2. The van der Waals surface area contributed by atoms with Crippen LogP contribution in [0.15, 0.2) is 36.5 Å². The highest BCUT2D eigenvalue weighted by atomic mass is 32.2. The van der Waals surface area contributed by atoms with E-state index in [1.54, 1.807) is 20.8 Å². The van der Waals surface area contributed by atoms with E-state index in [-0.39, 0.29) is 12.0 Å². The first kappa shape index (κ1) is 19.7. The van der Waals surface area contributed by atoms with Crippen LogP contribution in [0, 0.1) is 11.3 Å². The van der Waals surface area contributed by atoms with Crippen molar-refractivity contribution in [3.05, 3.63) is 47.8 Å². The predicted molar refractivity (Wildman–Crippen MR) is 108 cm³/mol. The minimum absolute atomic E-state index is 0.0282. The molecule has 0 radical (unpaired) electrons. The highest BCUT2D eigenvalue weighted by Crippen LogP contribution is 2.37. The number of nitrogens with zero attached hydrogens (tertiary/aromatic N) is 1. The minimum atomic E-state index is -3.33. The highest BCUT2D eigenvalue weighted by molar-refractivity contribution is 7.90. The molecule has 3 rings (SSSR count). The zero-order chi connectivity index (χ0) is 19.7. The number of aromatic amines is 1. The summed E-state index contributed by atoms with van der Waals surface area (Å²) in [6.07, 6.45) is 5.20. The summed E-state index contributed by atoms with van der Waals surface area (Å²) in [5.74, 6) is 0.257. The summed E-state index contributed by atoms with van der Waals surface area (Å²) in [6.45, 7) is 5.14. The van der Waals surface area contributed by atoms with E-state index < -0.39 is 14.8 Å². The van der Waals surface area contributed by atoms with E-state index in [1.807, 2.05) is 36.5 Å². The van der Waals surface area contributed by atoms with Gasteiger partial charge in [0.2, 0.25) is 10.0 Å². The Labute approximate surface area is 161 Å². The lowest BCUT2D eigenvalue weighted by molar-refractivity contribution is 0.367. The lowest BCUT2D eigenvalue weighted by atomic mass is 9.83. The zero-order valence-corrected chi connectivity index (χ0v) is 16.9. The molecular weight excluding hydrogens is 358 g/mol. The van der Waals surface area contributed by atoms with Crippen LogP contribution in [0.1, 0.15) is 63.6 Å². The molecule has 0 bridgehead atoms. The molecule has 0 unspecified atom stereocenters. The third-order valence-electron chi connectivity index (χ3n) is 5.37. The number of nitriles is 1. The molecule has 2 N–H and O–H groups in total. The predicted octanol–water partition coefficient (Wildman–Crippen LogP) is 4.30. The number of H-pyrrole nitrogens is 1. The van der Waals surface area contributed by atoms with Crippen molar-refractivity contribution in [2.24, 2.45) is 0 Å². The first-order chi connectivity index (χ1) is 12.7. The molecule has 27 heavy (non-hydrogen) atoms. The van der Waals surface area contributed by atoms with E-state index >= 15 is 0 Å². The molecule has 1 aromatic heterocycles. The van der Waals surface area contributed by atoms with E-state index in [4.69, 9.17) is 0 Å². The van der Waals surface area contributed by atoms with E-state index in [2.05, 4.69) is 15.8 Å². The number of aromatic nitrogens is 1. The number of hydrogen-bond acceptors (Lipinski definition) is 3. The first-order valence-corrected chi connectivity index (χ1v) is 10.9. The summed E-state index contributed by atoms with van der Waals surface area (Å²) in [4.78, 5) is 3.32. The molecule has 2 aromatic rings. The third-order valence-corrected chi connectivity index (χ3v) is 7.63. The van der Waals surface area contributed by atoms with Crippen molar-refractivity contribution in [1.29, 1.82) is 5.26 Å². The molecule has 1 aliphatic carbocycles. The van der Waals surface area contributed by atoms with Crippen molar-refractivity contribution in [3.8, 4) is 17.2 Å². The maximum atomic E-state index is 12.4. The molecule has 1 aliphatic rings. The first-order valence-electron chi connectivity index (χ1n) is 9.41. The van der Waals surface area contributed by atoms with Crippen LogP contribution in [0.5, 0.6) is 0 Å². The molecule has 144 valence electrons. The van der Waals surface area contributed by atoms with Crippen molar-refractivity contribution < 1.29 is 8.42 Å². The maximum absolute atomic E-state index is 12.4. The molecule has 0 saturated heterocycles. The van der Waals surface area contributed by atoms with Crippen LogP contribution >= 0.6 is 0 Å². The lowest BCUT2D eigenvalue weighted by Gasteiger charge is -2.31. The molecule has 1 fully saturated rings. The second kappa shape index (κ2) is 7.49. The van der Waals surface area contributed by atoms with Gasteiger partial charge in [-0.25, -0.2) is 13.1 Å². The number of rotatable bonds is 4. The molecule has 0 spiro atoms. The Kier molecular flexibility index (Phi) is 5.45. The fourth-order valence-corrected chi connectivity index (χ4v) is 4.65. The second-order valence-corrected chi connectivity index (χ2v) is 10.7. The van der Waals surface area contributed by atoms with Gasteiger partial charge >= 0.3 is 0 Å². The number of sulfonamides is 1. The van der Waals surface area contributed by atoms with Crippen LogP contribution in [0.25, 0.3) is 11.1 Å². The monoisotopic (exact) mass is 385 g/mol. The van der Waals surface area contributed by atoms with Crippen LogP contribution in [-0.4, -0.2) is 24.2 Å². The minimum Gasteiger partial charge on any atom is -0.363 e. The average molecular weight is 386 g/mol. The van der Waals surface area contributed by atoms with Gasteiger partial charge in [-0.2, -0.15) is 5.26 Å². The summed E-state index contributed by atoms with van der Waals surface area (Å²) in [7, 11) is -3.33. The smallest absolute Gasteiger partial charge is 0.216 e. The number of benzene rings is 1. The third kappa shape index (κ3) is 4.10. The molecular formula is C21H27N3O2S. The van der Waals surface area contributed by atoms with Gasteiger partial charge in [-0.15, -0.1) is 0 Å². The summed E-state index contributed by atoms with van der Waals surface area (Å²) in [5, 5.41) is 9.71. The Morgan fingerprint density at radius 2 is 1.74 bits per heavy atom. The number of hydrogen-bond donors (Lipinski definition) is 2. The molecule has 1 heterocycles. The highest BCUT2D eigenvalue weighted by Gasteiger charge is 2.33. The summed E-state index contributed by atoms with van der Waals surface area (Å²) in [5.41, 5.74) is 3.65. The Morgan fingerprint density at radius 3 is 2.30 bits per heavy atom. The zero-order valence-electron chi connectivity index (χ0n) is 16.1. The van der Waals surface area contributed by atoms with Crippen molar-refractivity contribution in [2.75, 3.05) is 0 Å². The van der Waals surface area contributed by atoms with Crippen molar-refractivity contribution in [2.45, 2.75) is 63.2 Å². The SMILES string of the molecule is CC(C)(C)S(=O)(=O)N[C@H]1CC[C@H](c2[nH]cc(-c3ccccc3)c2C#N)CC1. The Morgan fingerprint density at radius 1 is 1.11 bits per heavy atom. The van der Waals surface area contributed by atoms with Gasteiger partial charge in [0, 0.05) is 29.4 Å². The molecule has 0 atom stereocenters. The standard InChI is InChI=1S/C21H27N3O2S/c1-21(2,3)27(25,26)24-17-11-9-16(10-12-17)20-18(13-22)19(14-23-20)15-7-5-4-6-8-15/h4-8,14,16-17,23-24H,9-12H2,1-3H3/t16-,17-. The van der Waals surface area contributed by atoms with Crippen molar-refractivity contribution in [3.63, 3.8) is 0 Å². The molecule has 6 heteroatoms. The van der Waals surface area contributed by atoms with Gasteiger partial charge in [0.1, 0.15) is 6.07 Å². The van der Waals surface area contributed by atoms with Crippen LogP contribution in [0.4, 0.5) is 0 Å². The summed E-state index contributed by atoms with van der Waals surface area (Å²) < 4.78 is 26.8. The fourth-order valence-electron chi connectivity index (χ4n) is 3.62. The largest absolute Gasteiger partial charge is 0.363 e. The quantitative estimate of drug-likeness (QED) is 0.823. The van der Waals surface area contributed by atoms with Crippen LogP contribution in [-0.2, 0) is 10.0 Å². The Hall–Kier alpha value is -2.10. The summed E-state index contributed by atoms with van der Waals surface area (Å²) >= 11 is 0. The molecule has 1 saturated carbocycles. The van der Waals surface area contributed by atoms with Gasteiger partial charge in [-0.3, -0.25) is 0 Å². The van der Waals surface area contributed by atoms with E-state index in [0.717, 1.165) is 42.5 Å². The fraction of sp³-hybridized carbons (Fsp3) is 0.476. The number of nitrogens with one attached hydrogen (secondary N) is 2. The van der Waals surface area contributed by atoms with Gasteiger partial charge in [0.05, 0.1) is 10.3 Å². The normalized spacial score (nSPS) is 21.0. The van der Waals surface area contributed by atoms with Gasteiger partial charge < -0.3 is 4.98 Å². The van der Waals surface area contributed by atoms with Crippen LogP contribution < -0.4 is 4.72 Å². The van der Waals surface area contributed by atoms with Crippen molar-refractivity contribution >= 4 is 10.0 Å². The molecule has 0 amide bonds. The topological polar surface area (TPSA) is 85.8 Å². The van der Waals surface area contributed by atoms with E-state index in [0.29, 0.717) is 5.56 Å². The molecule has 5 nitrogen and oxygen atoms in total. The van der Waals surface area contributed by atoms with Crippen LogP contribution in [0.3, 0.4) is 0 Å². The molecule has 1 aromatic carbocycles. The van der Waals surface area contributed by atoms with Crippen LogP contribution in [0.2, 0.25) is 0 Å². The Balaban J connectivity index is 1.72. The average Bonchev–Trinajstić information content (AvgIpc) is 3.06. The van der Waals surface area contributed by atoms with E-state index in [1.165, 1.54) is 0 Å². The van der Waals surface area contributed by atoms with Gasteiger partial charge in [0.15, 0.2) is 0 Å². The Bertz CT molecular complexity index is 926. The van der Waals surface area contributed by atoms with Gasteiger partial charge in [-0.1, -0.05) is 30.3 Å².